The molecule has 26 heavy (non-hydrogen) atoms. The van der Waals surface area contributed by atoms with Crippen LogP contribution in [0.15, 0.2) is 29.8 Å². The molecule has 0 unspecified atom stereocenters. The molecule has 0 fully saturated rings. The second-order valence-electron chi connectivity index (χ2n) is 6.32. The number of nitrogens with one attached hydrogen (secondary N) is 2. The highest BCUT2D eigenvalue weighted by molar-refractivity contribution is 5.60. The third kappa shape index (κ3) is 4.53. The number of rotatable bonds is 6. The molecule has 4 nitrogen and oxygen atoms in total. The van der Waals surface area contributed by atoms with Crippen molar-refractivity contribution >= 4 is 17.3 Å². The summed E-state index contributed by atoms with van der Waals surface area (Å²) in [6.45, 7) is 2.45. The van der Waals surface area contributed by atoms with Crippen LogP contribution < -0.4 is 10.6 Å². The highest BCUT2D eigenvalue weighted by atomic mass is 19.2. The number of hydrogen-bond donors (Lipinski definition) is 2. The normalized spacial score (nSPS) is 14.1. The lowest BCUT2D eigenvalue weighted by Crippen LogP contribution is -2.08. The Morgan fingerprint density at radius 1 is 1.04 bits per heavy atom. The van der Waals surface area contributed by atoms with E-state index >= 15 is 0 Å². The largest absolute Gasteiger partial charge is 0.370 e. The van der Waals surface area contributed by atoms with Crippen molar-refractivity contribution in [1.82, 2.24) is 9.97 Å². The number of benzene rings is 1. The van der Waals surface area contributed by atoms with E-state index in [0.29, 0.717) is 17.5 Å². The first-order chi connectivity index (χ1) is 12.5. The van der Waals surface area contributed by atoms with Gasteiger partial charge in [0.15, 0.2) is 17.5 Å². The van der Waals surface area contributed by atoms with Gasteiger partial charge in [-0.05, 0) is 51.2 Å². The molecule has 2 N–H and O–H groups in total. The number of hydrogen-bond acceptors (Lipinski definition) is 4. The lowest BCUT2D eigenvalue weighted by molar-refractivity contribution is 0.449. The number of allylic oxidation sites excluding steroid dienone is 1. The molecule has 0 bridgehead atoms. The quantitative estimate of drug-likeness (QED) is 0.544. The molecule has 0 amide bonds. The second kappa shape index (κ2) is 8.21. The molecule has 0 radical (unpaired) electrons. The summed E-state index contributed by atoms with van der Waals surface area (Å²) in [6.07, 6.45) is 8.05. The summed E-state index contributed by atoms with van der Waals surface area (Å²) in [4.78, 5) is 8.47. The average Bonchev–Trinajstić information content (AvgIpc) is 2.63. The van der Waals surface area contributed by atoms with Gasteiger partial charge in [0.1, 0.15) is 17.5 Å². The van der Waals surface area contributed by atoms with Crippen LogP contribution in [0.25, 0.3) is 0 Å². The SMILES string of the molecule is Cc1nc(NCCC2=CCCCC2)cc(Nc2ccc(F)c(F)c2F)n1. The second-order valence-corrected chi connectivity index (χ2v) is 6.32. The first kappa shape index (κ1) is 18.2. The fourth-order valence-corrected chi connectivity index (χ4v) is 2.97. The molecule has 3 rings (SSSR count). The first-order valence-corrected chi connectivity index (χ1v) is 8.71. The summed E-state index contributed by atoms with van der Waals surface area (Å²) in [7, 11) is 0. The highest BCUT2D eigenvalue weighted by Gasteiger charge is 2.14. The van der Waals surface area contributed by atoms with Crippen LogP contribution in [0, 0.1) is 24.4 Å². The van der Waals surface area contributed by atoms with Crippen molar-refractivity contribution in [1.29, 1.82) is 0 Å². The van der Waals surface area contributed by atoms with Crippen molar-refractivity contribution < 1.29 is 13.2 Å². The third-order valence-corrected chi connectivity index (χ3v) is 4.27. The van der Waals surface area contributed by atoms with Crippen LogP contribution in [0.3, 0.4) is 0 Å². The molecular weight excluding hydrogens is 341 g/mol. The molecule has 1 aromatic heterocycles. The van der Waals surface area contributed by atoms with Crippen LogP contribution in [0.1, 0.15) is 37.9 Å². The standard InChI is InChI=1S/C19H21F3N4/c1-12-24-16(23-10-9-13-5-3-2-4-6-13)11-17(25-12)26-15-8-7-14(20)18(21)19(15)22/h5,7-8,11H,2-4,6,9-10H2,1H3,(H2,23,24,25,26). The van der Waals surface area contributed by atoms with Gasteiger partial charge in [-0.2, -0.15) is 0 Å². The smallest absolute Gasteiger partial charge is 0.196 e. The Bertz CT molecular complexity index is 821. The van der Waals surface area contributed by atoms with Crippen molar-refractivity contribution in [3.63, 3.8) is 0 Å². The van der Waals surface area contributed by atoms with Gasteiger partial charge in [0, 0.05) is 12.6 Å². The van der Waals surface area contributed by atoms with Gasteiger partial charge < -0.3 is 10.6 Å². The molecule has 0 atom stereocenters. The van der Waals surface area contributed by atoms with Gasteiger partial charge in [0.25, 0.3) is 0 Å². The van der Waals surface area contributed by atoms with Gasteiger partial charge in [0.2, 0.25) is 0 Å². The van der Waals surface area contributed by atoms with E-state index in [-0.39, 0.29) is 5.69 Å². The van der Waals surface area contributed by atoms with Gasteiger partial charge in [-0.3, -0.25) is 0 Å². The van der Waals surface area contributed by atoms with Gasteiger partial charge in [-0.25, -0.2) is 23.1 Å². The maximum absolute atomic E-state index is 13.8. The fourth-order valence-electron chi connectivity index (χ4n) is 2.97. The minimum atomic E-state index is -1.51. The van der Waals surface area contributed by atoms with E-state index < -0.39 is 17.5 Å². The van der Waals surface area contributed by atoms with Crippen LogP contribution in [0.5, 0.6) is 0 Å². The lowest BCUT2D eigenvalue weighted by atomic mass is 9.97. The molecule has 0 saturated heterocycles. The topological polar surface area (TPSA) is 49.8 Å². The summed E-state index contributed by atoms with van der Waals surface area (Å²) >= 11 is 0. The zero-order chi connectivity index (χ0) is 18.5. The molecule has 2 aromatic rings. The van der Waals surface area contributed by atoms with Crippen molar-refractivity contribution in [3.05, 3.63) is 53.1 Å². The molecule has 1 aliphatic carbocycles. The van der Waals surface area contributed by atoms with E-state index in [9.17, 15) is 13.2 Å². The summed E-state index contributed by atoms with van der Waals surface area (Å²) < 4.78 is 40.2. The fraction of sp³-hybridized carbons (Fsp3) is 0.368. The number of aryl methyl sites for hydroxylation is 1. The van der Waals surface area contributed by atoms with Gasteiger partial charge in [0.05, 0.1) is 5.69 Å². The molecule has 1 heterocycles. The lowest BCUT2D eigenvalue weighted by Gasteiger charge is -2.14. The molecule has 7 heteroatoms. The average molecular weight is 362 g/mol. The zero-order valence-electron chi connectivity index (χ0n) is 14.6. The van der Waals surface area contributed by atoms with Crippen molar-refractivity contribution in [2.75, 3.05) is 17.2 Å². The summed E-state index contributed by atoms with van der Waals surface area (Å²) in [5.41, 5.74) is 1.28. The number of anilines is 3. The number of aromatic nitrogens is 2. The van der Waals surface area contributed by atoms with Gasteiger partial charge >= 0.3 is 0 Å². The van der Waals surface area contributed by atoms with E-state index in [0.717, 1.165) is 37.9 Å². The van der Waals surface area contributed by atoms with Gasteiger partial charge in [-0.15, -0.1) is 0 Å². The van der Waals surface area contributed by atoms with Crippen LogP contribution in [0.2, 0.25) is 0 Å². The van der Waals surface area contributed by atoms with E-state index in [4.69, 9.17) is 0 Å². The molecule has 1 aromatic carbocycles. The van der Waals surface area contributed by atoms with E-state index in [1.807, 2.05) is 0 Å². The molecule has 0 saturated carbocycles. The number of nitrogens with zero attached hydrogens (tertiary/aromatic N) is 2. The zero-order valence-corrected chi connectivity index (χ0v) is 14.6. The monoisotopic (exact) mass is 362 g/mol. The third-order valence-electron chi connectivity index (χ3n) is 4.27. The molecule has 138 valence electrons. The molecule has 0 aliphatic heterocycles. The van der Waals surface area contributed by atoms with E-state index in [2.05, 4.69) is 26.7 Å². The van der Waals surface area contributed by atoms with Gasteiger partial charge in [-0.1, -0.05) is 11.6 Å². The highest BCUT2D eigenvalue weighted by Crippen LogP contribution is 2.24. The Kier molecular flexibility index (Phi) is 5.75. The van der Waals surface area contributed by atoms with E-state index in [1.54, 1.807) is 13.0 Å². The molecule has 0 spiro atoms. The minimum Gasteiger partial charge on any atom is -0.370 e. The van der Waals surface area contributed by atoms with Crippen molar-refractivity contribution in [2.45, 2.75) is 39.0 Å². The Hall–Kier alpha value is -2.57. The summed E-state index contributed by atoms with van der Waals surface area (Å²) in [5, 5.41) is 5.91. The molecule has 1 aliphatic rings. The van der Waals surface area contributed by atoms with Crippen LogP contribution >= 0.6 is 0 Å². The van der Waals surface area contributed by atoms with Crippen molar-refractivity contribution in [2.24, 2.45) is 0 Å². The van der Waals surface area contributed by atoms with Crippen molar-refractivity contribution in [3.8, 4) is 0 Å². The predicted molar refractivity (Wildman–Crippen MR) is 96.0 cm³/mol. The van der Waals surface area contributed by atoms with Crippen LogP contribution in [-0.4, -0.2) is 16.5 Å². The number of halogens is 3. The predicted octanol–water partition coefficient (Wildman–Crippen LogP) is 5.25. The maximum atomic E-state index is 13.8. The van der Waals surface area contributed by atoms with E-state index in [1.165, 1.54) is 18.4 Å². The Balaban J connectivity index is 1.67. The van der Waals surface area contributed by atoms with Crippen LogP contribution in [-0.2, 0) is 0 Å². The van der Waals surface area contributed by atoms with Crippen LogP contribution in [0.4, 0.5) is 30.5 Å². The maximum Gasteiger partial charge on any atom is 0.196 e. The Morgan fingerprint density at radius 3 is 2.62 bits per heavy atom. The summed E-state index contributed by atoms with van der Waals surface area (Å²) in [6, 6.07) is 3.61. The minimum absolute atomic E-state index is 0.180. The summed E-state index contributed by atoms with van der Waals surface area (Å²) in [5.74, 6) is -2.63. The first-order valence-electron chi connectivity index (χ1n) is 8.71. The Labute approximate surface area is 150 Å². The Morgan fingerprint density at radius 2 is 1.85 bits per heavy atom. The molecular formula is C19H21F3N4.